The maximum atomic E-state index is 13.9. The molecule has 4 atom stereocenters. The Morgan fingerprint density at radius 1 is 0.574 bits per heavy atom. The number of aryl methyl sites for hydroxylation is 2. The largest absolute Gasteiger partial charge is 0.456 e. The van der Waals surface area contributed by atoms with Crippen molar-refractivity contribution in [2.45, 2.75) is 82.1 Å². The number of fused-ring (bicyclic) bond motifs is 6. The summed E-state index contributed by atoms with van der Waals surface area (Å²) in [6.45, 7) is 3.60. The minimum absolute atomic E-state index is 0.290. The molecule has 0 aliphatic carbocycles. The summed E-state index contributed by atoms with van der Waals surface area (Å²) in [5.41, 5.74) is 15.4. The molecule has 61 heavy (non-hydrogen) atoms. The van der Waals surface area contributed by atoms with Gasteiger partial charge in [0.25, 0.3) is 0 Å². The Morgan fingerprint density at radius 3 is 1.48 bits per heavy atom. The maximum absolute atomic E-state index is 13.9. The number of anilines is 2. The van der Waals surface area contributed by atoms with E-state index in [0.717, 1.165) is 11.1 Å². The predicted octanol–water partition coefficient (Wildman–Crippen LogP) is 5.84. The number of nitrogens with two attached hydrogens (primary N) is 2. The topological polar surface area (TPSA) is 204 Å². The Balaban J connectivity index is 1.19. The SMILES string of the molecule is CC[C@H](N)C(=O)N[C@@H](CCc1ccccc1)C(=O)Nc1ccc2c(c1)Oc1cc(NC(=O)[C@H](CCc3ccccc3)NC(=O)[C@@H](N)CC)ccc1C21OC(=O)c2ccccc21. The zero-order chi connectivity index (χ0) is 43.1. The highest BCUT2D eigenvalue weighted by Gasteiger charge is 2.53. The van der Waals surface area contributed by atoms with Gasteiger partial charge in [0, 0.05) is 40.2 Å². The van der Waals surface area contributed by atoms with Gasteiger partial charge in [-0.1, -0.05) is 92.7 Å². The zero-order valence-electron chi connectivity index (χ0n) is 34.1. The third kappa shape index (κ3) is 9.18. The number of amides is 4. The molecule has 5 aromatic carbocycles. The third-order valence-electron chi connectivity index (χ3n) is 11.2. The standard InChI is InChI=1S/C48H50N6O7/c1-3-37(49)43(55)53-39(25-19-29-13-7-5-8-14-29)45(57)51-31-21-23-35-41(27-31)60-42-28-32(22-24-36(42)48(35)34-18-12-11-17-33(34)47(59)61-48)52-46(58)40(54-44(56)38(50)4-2)26-20-30-15-9-6-10-16-30/h5-18,21-24,27-28,37-40H,3-4,19-20,25-26,49-50H2,1-2H3,(H,51,57)(H,52,58)(H,53,55)(H,54,56)/t37-,38-,39-,40-/m0/s1. The van der Waals surface area contributed by atoms with Gasteiger partial charge in [-0.2, -0.15) is 0 Å². The second kappa shape index (κ2) is 18.6. The van der Waals surface area contributed by atoms with Crippen LogP contribution in [0.3, 0.4) is 0 Å². The van der Waals surface area contributed by atoms with Crippen molar-refractivity contribution in [2.75, 3.05) is 10.6 Å². The van der Waals surface area contributed by atoms with E-state index < -0.39 is 59.4 Å². The van der Waals surface area contributed by atoms with E-state index in [-0.39, 0.29) is 11.5 Å². The lowest BCUT2D eigenvalue weighted by atomic mass is 9.77. The highest BCUT2D eigenvalue weighted by Crippen LogP contribution is 2.56. The van der Waals surface area contributed by atoms with Crippen LogP contribution in [-0.4, -0.2) is 53.8 Å². The monoisotopic (exact) mass is 822 g/mol. The molecule has 0 fully saturated rings. The van der Waals surface area contributed by atoms with Crippen molar-refractivity contribution in [1.82, 2.24) is 10.6 Å². The Hall–Kier alpha value is -6.83. The molecule has 7 rings (SSSR count). The molecule has 2 heterocycles. The smallest absolute Gasteiger partial charge is 0.340 e. The predicted molar refractivity (Wildman–Crippen MR) is 232 cm³/mol. The number of esters is 1. The number of nitrogens with one attached hydrogen (secondary N) is 4. The Kier molecular flexibility index (Phi) is 12.9. The first kappa shape index (κ1) is 42.3. The lowest BCUT2D eigenvalue weighted by Crippen LogP contribution is -2.50. The average molecular weight is 823 g/mol. The van der Waals surface area contributed by atoms with Gasteiger partial charge in [-0.05, 0) is 80.0 Å². The molecule has 13 nitrogen and oxygen atoms in total. The molecule has 0 radical (unpaired) electrons. The van der Waals surface area contributed by atoms with Gasteiger partial charge in [0.1, 0.15) is 23.6 Å². The number of carbonyl (C=O) groups is 5. The first-order chi connectivity index (χ1) is 29.5. The molecular weight excluding hydrogens is 773 g/mol. The molecule has 0 bridgehead atoms. The fourth-order valence-corrected chi connectivity index (χ4v) is 7.67. The first-order valence-corrected chi connectivity index (χ1v) is 20.6. The number of ether oxygens (including phenoxy) is 2. The Bertz CT molecular complexity index is 2290. The van der Waals surface area contributed by atoms with Crippen LogP contribution in [-0.2, 0) is 42.4 Å². The van der Waals surface area contributed by atoms with E-state index in [1.807, 2.05) is 72.8 Å². The minimum Gasteiger partial charge on any atom is -0.456 e. The van der Waals surface area contributed by atoms with Crippen molar-refractivity contribution < 1.29 is 33.4 Å². The van der Waals surface area contributed by atoms with Crippen LogP contribution in [0.4, 0.5) is 11.4 Å². The average Bonchev–Trinajstić information content (AvgIpc) is 3.57. The normalized spacial score (nSPS) is 15.0. The summed E-state index contributed by atoms with van der Waals surface area (Å²) in [5.74, 6) is -1.70. The van der Waals surface area contributed by atoms with Crippen molar-refractivity contribution in [3.63, 3.8) is 0 Å². The lowest BCUT2D eigenvalue weighted by Gasteiger charge is -2.37. The summed E-state index contributed by atoms with van der Waals surface area (Å²) < 4.78 is 12.9. The van der Waals surface area contributed by atoms with E-state index in [0.29, 0.717) is 72.2 Å². The van der Waals surface area contributed by atoms with Gasteiger partial charge in [0.2, 0.25) is 23.6 Å². The lowest BCUT2D eigenvalue weighted by molar-refractivity contribution is -0.127. The van der Waals surface area contributed by atoms with Crippen molar-refractivity contribution in [3.8, 4) is 11.5 Å². The third-order valence-corrected chi connectivity index (χ3v) is 11.2. The summed E-state index contributed by atoms with van der Waals surface area (Å²) >= 11 is 0. The van der Waals surface area contributed by atoms with Gasteiger partial charge < -0.3 is 42.2 Å². The van der Waals surface area contributed by atoms with Crippen LogP contribution in [0.25, 0.3) is 0 Å². The Labute approximate surface area is 354 Å². The summed E-state index contributed by atoms with van der Waals surface area (Å²) in [6.07, 6.45) is 2.51. The van der Waals surface area contributed by atoms with Gasteiger partial charge in [0.05, 0.1) is 17.6 Å². The van der Waals surface area contributed by atoms with Crippen LogP contribution in [0, 0.1) is 0 Å². The van der Waals surface area contributed by atoms with E-state index in [2.05, 4.69) is 21.3 Å². The molecule has 2 aliphatic heterocycles. The van der Waals surface area contributed by atoms with E-state index >= 15 is 0 Å². The van der Waals surface area contributed by atoms with Crippen molar-refractivity contribution in [3.05, 3.63) is 155 Å². The van der Waals surface area contributed by atoms with Gasteiger partial charge >= 0.3 is 5.97 Å². The molecule has 0 unspecified atom stereocenters. The second-order valence-corrected chi connectivity index (χ2v) is 15.3. The second-order valence-electron chi connectivity index (χ2n) is 15.3. The Morgan fingerprint density at radius 2 is 1.02 bits per heavy atom. The van der Waals surface area contributed by atoms with Gasteiger partial charge in [-0.25, -0.2) is 4.79 Å². The number of carbonyl (C=O) groups excluding carboxylic acids is 5. The fourth-order valence-electron chi connectivity index (χ4n) is 7.67. The molecular formula is C48H50N6O7. The summed E-state index contributed by atoms with van der Waals surface area (Å²) in [4.78, 5) is 67.1. The summed E-state index contributed by atoms with van der Waals surface area (Å²) in [6, 6.07) is 33.2. The van der Waals surface area contributed by atoms with Crippen LogP contribution in [0.5, 0.6) is 11.5 Å². The summed E-state index contributed by atoms with van der Waals surface area (Å²) in [5, 5.41) is 11.5. The van der Waals surface area contributed by atoms with E-state index in [4.69, 9.17) is 20.9 Å². The molecule has 13 heteroatoms. The van der Waals surface area contributed by atoms with Crippen LogP contribution in [0.2, 0.25) is 0 Å². The van der Waals surface area contributed by atoms with Crippen LogP contribution in [0.15, 0.2) is 121 Å². The van der Waals surface area contributed by atoms with Crippen molar-refractivity contribution in [1.29, 1.82) is 0 Å². The van der Waals surface area contributed by atoms with Crippen molar-refractivity contribution in [2.24, 2.45) is 11.5 Å². The molecule has 8 N–H and O–H groups in total. The summed E-state index contributed by atoms with van der Waals surface area (Å²) in [7, 11) is 0. The van der Waals surface area contributed by atoms with E-state index in [9.17, 15) is 24.0 Å². The van der Waals surface area contributed by atoms with Crippen LogP contribution >= 0.6 is 0 Å². The number of benzene rings is 5. The zero-order valence-corrected chi connectivity index (χ0v) is 34.1. The molecule has 0 saturated heterocycles. The fraction of sp³-hybridized carbons (Fsp3) is 0.271. The number of rotatable bonds is 16. The maximum Gasteiger partial charge on any atom is 0.340 e. The molecule has 1 spiro atoms. The van der Waals surface area contributed by atoms with Crippen LogP contribution in [0.1, 0.15) is 77.7 Å². The van der Waals surface area contributed by atoms with Gasteiger partial charge in [-0.3, -0.25) is 19.2 Å². The highest BCUT2D eigenvalue weighted by atomic mass is 16.6. The van der Waals surface area contributed by atoms with Gasteiger partial charge in [0.15, 0.2) is 5.60 Å². The molecule has 4 amide bonds. The number of hydrogen-bond acceptors (Lipinski definition) is 9. The van der Waals surface area contributed by atoms with Crippen LogP contribution < -0.4 is 37.5 Å². The van der Waals surface area contributed by atoms with Crippen molar-refractivity contribution >= 4 is 41.0 Å². The van der Waals surface area contributed by atoms with E-state index in [1.54, 1.807) is 62.4 Å². The molecule has 5 aromatic rings. The first-order valence-electron chi connectivity index (χ1n) is 20.6. The highest BCUT2D eigenvalue weighted by molar-refractivity contribution is 6.00. The molecule has 314 valence electrons. The van der Waals surface area contributed by atoms with Gasteiger partial charge in [-0.15, -0.1) is 0 Å². The minimum atomic E-state index is -1.42. The molecule has 0 saturated carbocycles. The van der Waals surface area contributed by atoms with E-state index in [1.165, 1.54) is 0 Å². The molecule has 2 aliphatic rings. The quantitative estimate of drug-likeness (QED) is 0.0661. The number of hydrogen-bond donors (Lipinski definition) is 6. The molecule has 0 aromatic heterocycles.